The highest BCUT2D eigenvalue weighted by molar-refractivity contribution is 5.78. The van der Waals surface area contributed by atoms with Crippen molar-refractivity contribution in [1.82, 2.24) is 10.6 Å². The van der Waals surface area contributed by atoms with Crippen LogP contribution in [0.2, 0.25) is 0 Å². The molecular weight excluding hydrogens is 216 g/mol. The molecule has 1 amide bonds. The van der Waals surface area contributed by atoms with E-state index in [1.54, 1.807) is 0 Å². The molecule has 0 aliphatic carbocycles. The lowest BCUT2D eigenvalue weighted by Gasteiger charge is -2.15. The third-order valence-electron chi connectivity index (χ3n) is 1.84. The van der Waals surface area contributed by atoms with Crippen molar-refractivity contribution in [1.29, 1.82) is 0 Å². The molecule has 16 heavy (non-hydrogen) atoms. The zero-order chi connectivity index (χ0) is 12.6. The summed E-state index contributed by atoms with van der Waals surface area (Å²) < 4.78 is 0. The molecule has 0 saturated carbocycles. The highest BCUT2D eigenvalue weighted by Gasteiger charge is 2.15. The first-order chi connectivity index (χ1) is 7.47. The van der Waals surface area contributed by atoms with Gasteiger partial charge in [-0.25, -0.2) is 0 Å². The van der Waals surface area contributed by atoms with Crippen LogP contribution in [-0.4, -0.2) is 47.2 Å². The first-order valence-electron chi connectivity index (χ1n) is 4.84. The van der Waals surface area contributed by atoms with Crippen LogP contribution in [0.5, 0.6) is 0 Å². The molecule has 0 bridgehead atoms. The average molecular weight is 232 g/mol. The van der Waals surface area contributed by atoms with Crippen LogP contribution in [0.4, 0.5) is 0 Å². The topological polar surface area (TPSA) is 116 Å². The van der Waals surface area contributed by atoms with Crippen molar-refractivity contribution in [3.05, 3.63) is 0 Å². The SMILES string of the molecule is C[C@H](NC(O)CCC(=O)NCC=O)C(=O)O. The van der Waals surface area contributed by atoms with Crippen molar-refractivity contribution in [2.45, 2.75) is 32.0 Å². The molecule has 0 aliphatic heterocycles. The Morgan fingerprint density at radius 1 is 1.44 bits per heavy atom. The number of amides is 1. The number of carboxylic acids is 1. The van der Waals surface area contributed by atoms with Gasteiger partial charge in [-0.05, 0) is 13.3 Å². The Morgan fingerprint density at radius 2 is 2.06 bits per heavy atom. The smallest absolute Gasteiger partial charge is 0.320 e. The molecule has 0 aromatic carbocycles. The molecule has 7 heteroatoms. The lowest BCUT2D eigenvalue weighted by atomic mass is 10.2. The third-order valence-corrected chi connectivity index (χ3v) is 1.84. The Hall–Kier alpha value is -1.47. The molecule has 92 valence electrons. The van der Waals surface area contributed by atoms with E-state index in [9.17, 15) is 19.5 Å². The molecule has 0 aromatic heterocycles. The maximum absolute atomic E-state index is 11.0. The second kappa shape index (κ2) is 7.77. The Morgan fingerprint density at radius 3 is 2.56 bits per heavy atom. The van der Waals surface area contributed by atoms with Gasteiger partial charge in [0.25, 0.3) is 0 Å². The van der Waals surface area contributed by atoms with Gasteiger partial charge in [0.15, 0.2) is 0 Å². The molecule has 0 spiro atoms. The van der Waals surface area contributed by atoms with E-state index >= 15 is 0 Å². The Balaban J connectivity index is 3.72. The largest absolute Gasteiger partial charge is 0.480 e. The second-order valence-electron chi connectivity index (χ2n) is 3.25. The number of aliphatic carboxylic acids is 1. The number of nitrogens with one attached hydrogen (secondary N) is 2. The standard InChI is InChI=1S/C9H16N2O5/c1-6(9(15)16)11-8(14)3-2-7(13)10-4-5-12/h5-6,8,11,14H,2-4H2,1H3,(H,10,13)(H,15,16)/t6-,8?/m0/s1. The first kappa shape index (κ1) is 14.5. The van der Waals surface area contributed by atoms with E-state index in [2.05, 4.69) is 10.6 Å². The molecule has 0 aromatic rings. The molecule has 0 heterocycles. The summed E-state index contributed by atoms with van der Waals surface area (Å²) in [6, 6.07) is -0.881. The molecule has 0 radical (unpaired) electrons. The number of carbonyl (C=O) groups is 3. The van der Waals surface area contributed by atoms with Crippen molar-refractivity contribution in [3.63, 3.8) is 0 Å². The molecular formula is C9H16N2O5. The predicted octanol–water partition coefficient (Wildman–Crippen LogP) is -1.54. The number of aliphatic hydroxyl groups excluding tert-OH is 1. The summed E-state index contributed by atoms with van der Waals surface area (Å²) in [5.41, 5.74) is 0. The van der Waals surface area contributed by atoms with Crippen molar-refractivity contribution < 1.29 is 24.6 Å². The van der Waals surface area contributed by atoms with Gasteiger partial charge in [-0.1, -0.05) is 0 Å². The minimum Gasteiger partial charge on any atom is -0.480 e. The molecule has 2 atom stereocenters. The fraction of sp³-hybridized carbons (Fsp3) is 0.667. The molecule has 0 fully saturated rings. The Kier molecular flexibility index (Phi) is 7.06. The van der Waals surface area contributed by atoms with Gasteiger partial charge in [0.1, 0.15) is 18.6 Å². The van der Waals surface area contributed by atoms with E-state index in [1.807, 2.05) is 0 Å². The van der Waals surface area contributed by atoms with E-state index in [-0.39, 0.29) is 25.3 Å². The van der Waals surface area contributed by atoms with Gasteiger partial charge in [0.05, 0.1) is 6.54 Å². The predicted molar refractivity (Wildman–Crippen MR) is 54.5 cm³/mol. The van der Waals surface area contributed by atoms with Crippen LogP contribution < -0.4 is 10.6 Å². The van der Waals surface area contributed by atoms with Crippen LogP contribution in [0.1, 0.15) is 19.8 Å². The number of rotatable bonds is 8. The maximum Gasteiger partial charge on any atom is 0.320 e. The molecule has 4 N–H and O–H groups in total. The van der Waals surface area contributed by atoms with Crippen molar-refractivity contribution in [2.24, 2.45) is 0 Å². The minimum atomic E-state index is -1.08. The average Bonchev–Trinajstić information content (AvgIpc) is 2.23. The molecule has 0 saturated heterocycles. The fourth-order valence-electron chi connectivity index (χ4n) is 0.955. The summed E-state index contributed by atoms with van der Waals surface area (Å²) in [6.07, 6.45) is -0.400. The summed E-state index contributed by atoms with van der Waals surface area (Å²) in [5, 5.41) is 22.6. The van der Waals surface area contributed by atoms with Gasteiger partial charge >= 0.3 is 5.97 Å². The summed E-state index contributed by atoms with van der Waals surface area (Å²) in [7, 11) is 0. The quantitative estimate of drug-likeness (QED) is 0.298. The summed E-state index contributed by atoms with van der Waals surface area (Å²) in [5.74, 6) is -1.44. The lowest BCUT2D eigenvalue weighted by molar-refractivity contribution is -0.140. The van der Waals surface area contributed by atoms with Crippen LogP contribution in [0.15, 0.2) is 0 Å². The Labute approximate surface area is 92.8 Å². The van der Waals surface area contributed by atoms with Gasteiger partial charge < -0.3 is 20.3 Å². The van der Waals surface area contributed by atoms with Crippen LogP contribution in [-0.2, 0) is 14.4 Å². The zero-order valence-corrected chi connectivity index (χ0v) is 8.97. The molecule has 7 nitrogen and oxygen atoms in total. The van der Waals surface area contributed by atoms with Crippen molar-refractivity contribution >= 4 is 18.2 Å². The van der Waals surface area contributed by atoms with E-state index in [0.717, 1.165) is 0 Å². The van der Waals surface area contributed by atoms with Crippen molar-refractivity contribution in [3.8, 4) is 0 Å². The monoisotopic (exact) mass is 232 g/mol. The zero-order valence-electron chi connectivity index (χ0n) is 8.97. The fourth-order valence-corrected chi connectivity index (χ4v) is 0.955. The van der Waals surface area contributed by atoms with Crippen LogP contribution in [0, 0.1) is 0 Å². The van der Waals surface area contributed by atoms with Crippen LogP contribution >= 0.6 is 0 Å². The number of carboxylic acid groups (broad SMARTS) is 1. The van der Waals surface area contributed by atoms with E-state index < -0.39 is 18.2 Å². The number of carbonyl (C=O) groups excluding carboxylic acids is 2. The summed E-state index contributed by atoms with van der Waals surface area (Å²) in [6.45, 7) is 1.33. The van der Waals surface area contributed by atoms with Gasteiger partial charge in [-0.3, -0.25) is 14.9 Å². The molecule has 0 aliphatic rings. The number of hydrogen-bond acceptors (Lipinski definition) is 5. The highest BCUT2D eigenvalue weighted by atomic mass is 16.4. The number of aliphatic hydroxyl groups is 1. The number of hydrogen-bond donors (Lipinski definition) is 4. The first-order valence-corrected chi connectivity index (χ1v) is 4.84. The maximum atomic E-state index is 11.0. The Bertz CT molecular complexity index is 256. The molecule has 1 unspecified atom stereocenters. The summed E-state index contributed by atoms with van der Waals surface area (Å²) >= 11 is 0. The molecule has 0 rings (SSSR count). The van der Waals surface area contributed by atoms with E-state index in [0.29, 0.717) is 6.29 Å². The summed E-state index contributed by atoms with van der Waals surface area (Å²) in [4.78, 5) is 31.3. The van der Waals surface area contributed by atoms with Crippen molar-refractivity contribution in [2.75, 3.05) is 6.54 Å². The highest BCUT2D eigenvalue weighted by Crippen LogP contribution is 1.96. The lowest BCUT2D eigenvalue weighted by Crippen LogP contribution is -2.41. The van der Waals surface area contributed by atoms with E-state index in [4.69, 9.17) is 5.11 Å². The van der Waals surface area contributed by atoms with Gasteiger partial charge in [0, 0.05) is 6.42 Å². The van der Waals surface area contributed by atoms with Crippen LogP contribution in [0.3, 0.4) is 0 Å². The third kappa shape index (κ3) is 6.91. The normalized spacial score (nSPS) is 13.9. The van der Waals surface area contributed by atoms with Gasteiger partial charge in [0.2, 0.25) is 5.91 Å². The second-order valence-corrected chi connectivity index (χ2v) is 3.25. The minimum absolute atomic E-state index is 0.0222. The number of aldehydes is 1. The van der Waals surface area contributed by atoms with Gasteiger partial charge in [-0.2, -0.15) is 0 Å². The van der Waals surface area contributed by atoms with Gasteiger partial charge in [-0.15, -0.1) is 0 Å². The van der Waals surface area contributed by atoms with E-state index in [1.165, 1.54) is 6.92 Å². The van der Waals surface area contributed by atoms with Crippen LogP contribution in [0.25, 0.3) is 0 Å².